The van der Waals surface area contributed by atoms with E-state index in [1.807, 2.05) is 30.3 Å². The number of ether oxygens (including phenoxy) is 1. The Morgan fingerprint density at radius 3 is 2.53 bits per heavy atom. The molecule has 0 N–H and O–H groups in total. The van der Waals surface area contributed by atoms with Crippen LogP contribution in [0.3, 0.4) is 0 Å². The topological polar surface area (TPSA) is 12.5 Å². The summed E-state index contributed by atoms with van der Waals surface area (Å²) >= 11 is 5.93. The number of halogens is 1. The van der Waals surface area contributed by atoms with Gasteiger partial charge in [-0.3, -0.25) is 4.90 Å². The van der Waals surface area contributed by atoms with E-state index in [0.29, 0.717) is 0 Å². The molecule has 3 heteroatoms. The molecule has 98 valence electrons. The van der Waals surface area contributed by atoms with Crippen LogP contribution in [0.5, 0.6) is 0 Å². The van der Waals surface area contributed by atoms with Gasteiger partial charge in [-0.2, -0.15) is 0 Å². The van der Waals surface area contributed by atoms with Crippen molar-refractivity contribution < 1.29 is 4.74 Å². The highest BCUT2D eigenvalue weighted by atomic mass is 35.5. The Labute approximate surface area is 118 Å². The maximum absolute atomic E-state index is 5.93. The first kappa shape index (κ1) is 12.7. The third-order valence-corrected chi connectivity index (χ3v) is 3.62. The van der Waals surface area contributed by atoms with Gasteiger partial charge in [0.1, 0.15) is 6.23 Å². The lowest BCUT2D eigenvalue weighted by molar-refractivity contribution is 0.0288. The van der Waals surface area contributed by atoms with Crippen LogP contribution in [-0.4, -0.2) is 18.1 Å². The first-order valence-corrected chi connectivity index (χ1v) is 6.86. The van der Waals surface area contributed by atoms with Gasteiger partial charge >= 0.3 is 0 Å². The van der Waals surface area contributed by atoms with Crippen molar-refractivity contribution in [2.75, 3.05) is 13.2 Å². The van der Waals surface area contributed by atoms with Crippen LogP contribution in [0.15, 0.2) is 54.6 Å². The van der Waals surface area contributed by atoms with Gasteiger partial charge in [0.15, 0.2) is 0 Å². The normalized spacial score (nSPS) is 19.7. The zero-order valence-electron chi connectivity index (χ0n) is 10.6. The van der Waals surface area contributed by atoms with Crippen LogP contribution in [0.4, 0.5) is 0 Å². The van der Waals surface area contributed by atoms with Gasteiger partial charge in [0, 0.05) is 18.1 Å². The van der Waals surface area contributed by atoms with Gasteiger partial charge in [-0.15, -0.1) is 0 Å². The van der Waals surface area contributed by atoms with Gasteiger partial charge in [0.25, 0.3) is 0 Å². The molecule has 19 heavy (non-hydrogen) atoms. The number of nitrogens with zero attached hydrogens (tertiary/aromatic N) is 1. The summed E-state index contributed by atoms with van der Waals surface area (Å²) in [6.07, 6.45) is 0.0393. The summed E-state index contributed by atoms with van der Waals surface area (Å²) in [4.78, 5) is 2.35. The van der Waals surface area contributed by atoms with Crippen molar-refractivity contribution in [1.29, 1.82) is 0 Å². The molecule has 0 unspecified atom stereocenters. The van der Waals surface area contributed by atoms with E-state index in [2.05, 4.69) is 29.2 Å². The summed E-state index contributed by atoms with van der Waals surface area (Å²) < 4.78 is 5.85. The van der Waals surface area contributed by atoms with Gasteiger partial charge in [-0.05, 0) is 23.3 Å². The highest BCUT2D eigenvalue weighted by molar-refractivity contribution is 6.30. The fourth-order valence-electron chi connectivity index (χ4n) is 2.42. The molecule has 0 saturated carbocycles. The Balaban J connectivity index is 1.76. The van der Waals surface area contributed by atoms with Gasteiger partial charge in [0.2, 0.25) is 0 Å². The van der Waals surface area contributed by atoms with Crippen molar-refractivity contribution in [3.63, 3.8) is 0 Å². The summed E-state index contributed by atoms with van der Waals surface area (Å²) in [5.74, 6) is 0. The monoisotopic (exact) mass is 273 g/mol. The highest BCUT2D eigenvalue weighted by Crippen LogP contribution is 2.29. The average Bonchev–Trinajstić information content (AvgIpc) is 2.89. The summed E-state index contributed by atoms with van der Waals surface area (Å²) in [6.45, 7) is 2.65. The minimum atomic E-state index is 0.0393. The van der Waals surface area contributed by atoms with Crippen LogP contribution in [0.1, 0.15) is 17.4 Å². The molecule has 1 fully saturated rings. The minimum absolute atomic E-state index is 0.0393. The molecular formula is C16H16ClNO. The standard InChI is InChI=1S/C16H16ClNO/c17-15-8-6-14(7-9-15)16-18(10-11-19-16)12-13-4-2-1-3-5-13/h1-9,16H,10-12H2/t16-/m0/s1. The fourth-order valence-corrected chi connectivity index (χ4v) is 2.54. The zero-order valence-corrected chi connectivity index (χ0v) is 11.4. The molecule has 3 rings (SSSR count). The van der Waals surface area contributed by atoms with Crippen molar-refractivity contribution in [1.82, 2.24) is 4.90 Å². The van der Waals surface area contributed by atoms with Crippen LogP contribution in [-0.2, 0) is 11.3 Å². The van der Waals surface area contributed by atoms with Crippen LogP contribution in [0.25, 0.3) is 0 Å². The predicted octanol–water partition coefficient (Wildman–Crippen LogP) is 3.87. The lowest BCUT2D eigenvalue weighted by Crippen LogP contribution is -2.23. The molecule has 1 atom stereocenters. The molecule has 0 bridgehead atoms. The van der Waals surface area contributed by atoms with Gasteiger partial charge in [-0.25, -0.2) is 0 Å². The number of hydrogen-bond donors (Lipinski definition) is 0. The molecule has 1 aliphatic rings. The largest absolute Gasteiger partial charge is 0.357 e. The summed E-state index contributed by atoms with van der Waals surface area (Å²) in [5, 5.41) is 0.761. The molecule has 1 heterocycles. The molecule has 1 aliphatic heterocycles. The molecule has 1 saturated heterocycles. The van der Waals surface area contributed by atoms with Crippen LogP contribution in [0, 0.1) is 0 Å². The first-order chi connectivity index (χ1) is 9.33. The third-order valence-electron chi connectivity index (χ3n) is 3.37. The van der Waals surface area contributed by atoms with E-state index in [-0.39, 0.29) is 6.23 Å². The Bertz CT molecular complexity index is 526. The summed E-state index contributed by atoms with van der Waals surface area (Å²) in [5.41, 5.74) is 2.48. The third kappa shape index (κ3) is 2.98. The Hall–Kier alpha value is -1.35. The molecule has 0 aliphatic carbocycles. The smallest absolute Gasteiger partial charge is 0.137 e. The van der Waals surface area contributed by atoms with E-state index in [9.17, 15) is 0 Å². The molecule has 0 amide bonds. The Morgan fingerprint density at radius 2 is 1.79 bits per heavy atom. The van der Waals surface area contributed by atoms with Crippen LogP contribution in [0.2, 0.25) is 5.02 Å². The quantitative estimate of drug-likeness (QED) is 0.842. The maximum atomic E-state index is 5.93. The van der Waals surface area contributed by atoms with E-state index >= 15 is 0 Å². The van der Waals surface area contributed by atoms with E-state index < -0.39 is 0 Å². The summed E-state index contributed by atoms with van der Waals surface area (Å²) in [6, 6.07) is 18.4. The van der Waals surface area contributed by atoms with E-state index in [0.717, 1.165) is 30.3 Å². The second kappa shape index (κ2) is 5.74. The molecule has 0 spiro atoms. The minimum Gasteiger partial charge on any atom is -0.357 e. The van der Waals surface area contributed by atoms with Crippen LogP contribution >= 0.6 is 11.6 Å². The van der Waals surface area contributed by atoms with Gasteiger partial charge < -0.3 is 4.74 Å². The van der Waals surface area contributed by atoms with Crippen molar-refractivity contribution in [3.05, 3.63) is 70.7 Å². The molecule has 0 aromatic heterocycles. The predicted molar refractivity (Wildman–Crippen MR) is 77.0 cm³/mol. The first-order valence-electron chi connectivity index (χ1n) is 6.48. The molecule has 2 aromatic carbocycles. The molecular weight excluding hydrogens is 258 g/mol. The molecule has 2 nitrogen and oxygen atoms in total. The second-order valence-corrected chi connectivity index (χ2v) is 5.17. The molecule has 2 aromatic rings. The number of hydrogen-bond acceptors (Lipinski definition) is 2. The van der Waals surface area contributed by atoms with Crippen molar-refractivity contribution in [3.8, 4) is 0 Å². The van der Waals surface area contributed by atoms with Gasteiger partial charge in [-0.1, -0.05) is 54.1 Å². The summed E-state index contributed by atoms with van der Waals surface area (Å²) in [7, 11) is 0. The van der Waals surface area contributed by atoms with E-state index in [4.69, 9.17) is 16.3 Å². The van der Waals surface area contributed by atoms with Crippen molar-refractivity contribution >= 4 is 11.6 Å². The van der Waals surface area contributed by atoms with Crippen molar-refractivity contribution in [2.24, 2.45) is 0 Å². The Morgan fingerprint density at radius 1 is 1.05 bits per heavy atom. The lowest BCUT2D eigenvalue weighted by Gasteiger charge is -2.23. The highest BCUT2D eigenvalue weighted by Gasteiger charge is 2.26. The average molecular weight is 274 g/mol. The van der Waals surface area contributed by atoms with Gasteiger partial charge in [0.05, 0.1) is 6.61 Å². The van der Waals surface area contributed by atoms with E-state index in [1.54, 1.807) is 0 Å². The second-order valence-electron chi connectivity index (χ2n) is 4.73. The lowest BCUT2D eigenvalue weighted by atomic mass is 10.1. The number of rotatable bonds is 3. The SMILES string of the molecule is Clc1ccc([C@@H]2OCCN2Cc2ccccc2)cc1. The van der Waals surface area contributed by atoms with Crippen LogP contribution < -0.4 is 0 Å². The zero-order chi connectivity index (χ0) is 13.1. The van der Waals surface area contributed by atoms with Crippen molar-refractivity contribution in [2.45, 2.75) is 12.8 Å². The number of benzene rings is 2. The fraction of sp³-hybridized carbons (Fsp3) is 0.250. The van der Waals surface area contributed by atoms with E-state index in [1.165, 1.54) is 5.56 Å². The maximum Gasteiger partial charge on any atom is 0.137 e. The Kier molecular flexibility index (Phi) is 3.83. The molecule has 0 radical (unpaired) electrons.